The zero-order valence-electron chi connectivity index (χ0n) is 14.0. The van der Waals surface area contributed by atoms with Crippen molar-refractivity contribution in [1.82, 2.24) is 14.9 Å². The molecule has 21 heavy (non-hydrogen) atoms. The van der Waals surface area contributed by atoms with Gasteiger partial charge in [0.05, 0.1) is 30.0 Å². The Morgan fingerprint density at radius 3 is 2.52 bits per heavy atom. The summed E-state index contributed by atoms with van der Waals surface area (Å²) < 4.78 is 7.63. The number of benzene rings is 1. The van der Waals surface area contributed by atoms with Crippen molar-refractivity contribution in [3.63, 3.8) is 0 Å². The molecular formula is C17H27N3O. The van der Waals surface area contributed by atoms with Crippen molar-refractivity contribution < 1.29 is 4.74 Å². The Balaban J connectivity index is 2.33. The van der Waals surface area contributed by atoms with E-state index in [1.807, 2.05) is 6.33 Å². The number of fused-ring (bicyclic) bond motifs is 1. The normalized spacial score (nSPS) is 13.8. The molecule has 1 aromatic heterocycles. The number of aromatic nitrogens is 2. The van der Waals surface area contributed by atoms with E-state index >= 15 is 0 Å². The Kier molecular flexibility index (Phi) is 4.69. The van der Waals surface area contributed by atoms with Crippen LogP contribution in [0.25, 0.3) is 11.0 Å². The lowest BCUT2D eigenvalue weighted by Crippen LogP contribution is -2.40. The number of aryl methyl sites for hydroxylation is 2. The van der Waals surface area contributed by atoms with Crippen molar-refractivity contribution in [2.75, 3.05) is 20.3 Å². The highest BCUT2D eigenvalue weighted by Crippen LogP contribution is 2.22. The first-order valence-electron chi connectivity index (χ1n) is 7.49. The number of hydrogen-bond donors (Lipinski definition) is 1. The first-order valence-corrected chi connectivity index (χ1v) is 7.49. The molecule has 0 fully saturated rings. The molecule has 1 aromatic carbocycles. The molecular weight excluding hydrogens is 262 g/mol. The Morgan fingerprint density at radius 2 is 1.90 bits per heavy atom. The summed E-state index contributed by atoms with van der Waals surface area (Å²) in [5.74, 6) is 0. The van der Waals surface area contributed by atoms with Crippen LogP contribution in [-0.4, -0.2) is 35.4 Å². The fourth-order valence-corrected chi connectivity index (χ4v) is 2.43. The molecule has 1 atom stereocenters. The monoisotopic (exact) mass is 289 g/mol. The van der Waals surface area contributed by atoms with Gasteiger partial charge in [-0.05, 0) is 57.9 Å². The minimum atomic E-state index is 0.0921. The van der Waals surface area contributed by atoms with E-state index in [-0.39, 0.29) is 11.6 Å². The number of imidazole rings is 1. The van der Waals surface area contributed by atoms with Crippen molar-refractivity contribution in [1.29, 1.82) is 0 Å². The average Bonchev–Trinajstić information content (AvgIpc) is 2.77. The average molecular weight is 289 g/mol. The second-order valence-electron chi connectivity index (χ2n) is 6.82. The summed E-state index contributed by atoms with van der Waals surface area (Å²) in [6.45, 7) is 12.3. The third kappa shape index (κ3) is 3.83. The summed E-state index contributed by atoms with van der Waals surface area (Å²) in [4.78, 5) is 4.55. The summed E-state index contributed by atoms with van der Waals surface area (Å²) in [7, 11) is 1.75. The standard InChI is InChI=1S/C17H27N3O/c1-12-7-15-16(8-13(12)2)20(11-18-15)14(10-21-6)9-19-17(3,4)5/h7-8,11,14,19H,9-10H2,1-6H3. The molecule has 1 heterocycles. The van der Waals surface area contributed by atoms with Crippen LogP contribution >= 0.6 is 0 Å². The lowest BCUT2D eigenvalue weighted by Gasteiger charge is -2.26. The van der Waals surface area contributed by atoms with E-state index in [2.05, 4.69) is 61.6 Å². The molecule has 4 nitrogen and oxygen atoms in total. The fourth-order valence-electron chi connectivity index (χ4n) is 2.43. The van der Waals surface area contributed by atoms with Gasteiger partial charge in [0.15, 0.2) is 0 Å². The zero-order valence-corrected chi connectivity index (χ0v) is 14.0. The number of ether oxygens (including phenoxy) is 1. The second-order valence-corrected chi connectivity index (χ2v) is 6.82. The molecule has 0 saturated heterocycles. The quantitative estimate of drug-likeness (QED) is 0.918. The molecule has 2 aromatic rings. The molecule has 116 valence electrons. The van der Waals surface area contributed by atoms with E-state index in [0.717, 1.165) is 12.1 Å². The Morgan fingerprint density at radius 1 is 1.24 bits per heavy atom. The number of hydrogen-bond acceptors (Lipinski definition) is 3. The van der Waals surface area contributed by atoms with Gasteiger partial charge in [-0.15, -0.1) is 0 Å². The Hall–Kier alpha value is -1.39. The van der Waals surface area contributed by atoms with E-state index in [9.17, 15) is 0 Å². The van der Waals surface area contributed by atoms with Crippen LogP contribution in [0.15, 0.2) is 18.5 Å². The zero-order chi connectivity index (χ0) is 15.6. The minimum absolute atomic E-state index is 0.0921. The van der Waals surface area contributed by atoms with Gasteiger partial charge in [0.25, 0.3) is 0 Å². The van der Waals surface area contributed by atoms with Gasteiger partial charge in [-0.2, -0.15) is 0 Å². The Bertz CT molecular complexity index is 610. The topological polar surface area (TPSA) is 39.1 Å². The van der Waals surface area contributed by atoms with Crippen LogP contribution in [0.2, 0.25) is 0 Å². The summed E-state index contributed by atoms with van der Waals surface area (Å²) in [6, 6.07) is 4.61. The van der Waals surface area contributed by atoms with Crippen molar-refractivity contribution >= 4 is 11.0 Å². The molecule has 4 heteroatoms. The van der Waals surface area contributed by atoms with Crippen LogP contribution in [0.1, 0.15) is 37.9 Å². The van der Waals surface area contributed by atoms with Crippen LogP contribution in [0.5, 0.6) is 0 Å². The lowest BCUT2D eigenvalue weighted by atomic mass is 10.1. The smallest absolute Gasteiger partial charge is 0.0962 e. The van der Waals surface area contributed by atoms with Gasteiger partial charge in [-0.1, -0.05) is 0 Å². The van der Waals surface area contributed by atoms with Crippen molar-refractivity contribution in [3.8, 4) is 0 Å². The maximum absolute atomic E-state index is 5.41. The molecule has 0 amide bonds. The molecule has 1 unspecified atom stereocenters. The fraction of sp³-hybridized carbons (Fsp3) is 0.588. The second kappa shape index (κ2) is 6.16. The third-order valence-electron chi connectivity index (χ3n) is 3.81. The van der Waals surface area contributed by atoms with Crippen LogP contribution in [0.4, 0.5) is 0 Å². The SMILES string of the molecule is COCC(CNC(C)(C)C)n1cnc2cc(C)c(C)cc21. The maximum atomic E-state index is 5.41. The molecule has 0 bridgehead atoms. The third-order valence-corrected chi connectivity index (χ3v) is 3.81. The first-order chi connectivity index (χ1) is 9.81. The number of rotatable bonds is 5. The van der Waals surface area contributed by atoms with Crippen molar-refractivity contribution in [2.45, 2.75) is 46.2 Å². The summed E-state index contributed by atoms with van der Waals surface area (Å²) in [5, 5.41) is 3.56. The van der Waals surface area contributed by atoms with Gasteiger partial charge in [0, 0.05) is 19.2 Å². The van der Waals surface area contributed by atoms with Gasteiger partial charge >= 0.3 is 0 Å². The van der Waals surface area contributed by atoms with E-state index < -0.39 is 0 Å². The van der Waals surface area contributed by atoms with Crippen LogP contribution in [0, 0.1) is 13.8 Å². The molecule has 0 radical (unpaired) electrons. The van der Waals surface area contributed by atoms with E-state index in [1.54, 1.807) is 7.11 Å². The predicted octanol–water partition coefficient (Wildman–Crippen LogP) is 3.23. The maximum Gasteiger partial charge on any atom is 0.0962 e. The summed E-state index contributed by atoms with van der Waals surface area (Å²) in [6.07, 6.45) is 1.93. The van der Waals surface area contributed by atoms with Gasteiger partial charge in [-0.25, -0.2) is 4.98 Å². The molecule has 0 saturated carbocycles. The van der Waals surface area contributed by atoms with Gasteiger partial charge in [0.2, 0.25) is 0 Å². The van der Waals surface area contributed by atoms with Crippen molar-refractivity contribution in [2.24, 2.45) is 0 Å². The van der Waals surface area contributed by atoms with Crippen LogP contribution in [0.3, 0.4) is 0 Å². The van der Waals surface area contributed by atoms with E-state index in [1.165, 1.54) is 16.6 Å². The molecule has 2 rings (SSSR count). The molecule has 0 aliphatic carbocycles. The number of nitrogens with zero attached hydrogens (tertiary/aromatic N) is 2. The van der Waals surface area contributed by atoms with E-state index in [4.69, 9.17) is 4.74 Å². The highest BCUT2D eigenvalue weighted by atomic mass is 16.5. The van der Waals surface area contributed by atoms with E-state index in [0.29, 0.717) is 6.61 Å². The van der Waals surface area contributed by atoms with Crippen LogP contribution < -0.4 is 5.32 Å². The summed E-state index contributed by atoms with van der Waals surface area (Å²) in [5.41, 5.74) is 4.90. The highest BCUT2D eigenvalue weighted by Gasteiger charge is 2.18. The lowest BCUT2D eigenvalue weighted by molar-refractivity contribution is 0.151. The van der Waals surface area contributed by atoms with Gasteiger partial charge in [-0.3, -0.25) is 0 Å². The molecule has 0 spiro atoms. The van der Waals surface area contributed by atoms with Gasteiger partial charge < -0.3 is 14.6 Å². The number of methoxy groups -OCH3 is 1. The first kappa shape index (κ1) is 16.0. The summed E-state index contributed by atoms with van der Waals surface area (Å²) >= 11 is 0. The minimum Gasteiger partial charge on any atom is -0.382 e. The molecule has 0 aliphatic rings. The molecule has 1 N–H and O–H groups in total. The van der Waals surface area contributed by atoms with Crippen LogP contribution in [-0.2, 0) is 4.74 Å². The van der Waals surface area contributed by atoms with Crippen molar-refractivity contribution in [3.05, 3.63) is 29.6 Å². The molecule has 0 aliphatic heterocycles. The predicted molar refractivity (Wildman–Crippen MR) is 87.9 cm³/mol. The highest BCUT2D eigenvalue weighted by molar-refractivity contribution is 5.77. The Labute approximate surface area is 127 Å². The van der Waals surface area contributed by atoms with Gasteiger partial charge in [0.1, 0.15) is 0 Å². The largest absolute Gasteiger partial charge is 0.382 e. The number of nitrogens with one attached hydrogen (secondary N) is 1.